The van der Waals surface area contributed by atoms with Crippen molar-refractivity contribution in [2.24, 2.45) is 0 Å². The Balaban J connectivity index is 1.57. The van der Waals surface area contributed by atoms with Gasteiger partial charge in [0.25, 0.3) is 0 Å². The van der Waals surface area contributed by atoms with Gasteiger partial charge in [0.1, 0.15) is 23.0 Å². The number of esters is 2. The Morgan fingerprint density at radius 2 is 1.49 bits per heavy atom. The van der Waals surface area contributed by atoms with E-state index in [1.54, 1.807) is 67.6 Å². The SMILES string of the molecule is COC(=O)c1ccc(/C=C2\Oc3c(ccc(OC(=O)c4cc(OC)cc(OC)c4)c3C)C2=O)cc1. The highest BCUT2D eigenvalue weighted by molar-refractivity contribution is 6.15. The van der Waals surface area contributed by atoms with E-state index in [0.717, 1.165) is 0 Å². The normalized spacial score (nSPS) is 13.1. The molecular formula is C27H22O8. The van der Waals surface area contributed by atoms with Crippen molar-refractivity contribution in [1.82, 2.24) is 0 Å². The maximum Gasteiger partial charge on any atom is 0.343 e. The summed E-state index contributed by atoms with van der Waals surface area (Å²) in [5, 5.41) is 0. The second kappa shape index (κ2) is 9.72. The van der Waals surface area contributed by atoms with Gasteiger partial charge in [0.05, 0.1) is 38.0 Å². The standard InChI is InChI=1S/C27H22O8/c1-15-22(35-27(30)18-12-19(31-2)14-20(13-18)32-3)10-9-21-24(28)23(34-25(15)21)11-16-5-7-17(8-6-16)26(29)33-4/h5-14H,1-4H3/b23-11-. The summed E-state index contributed by atoms with van der Waals surface area (Å²) >= 11 is 0. The second-order valence-electron chi connectivity index (χ2n) is 7.61. The van der Waals surface area contributed by atoms with E-state index in [1.807, 2.05) is 0 Å². The molecule has 4 rings (SSSR count). The van der Waals surface area contributed by atoms with E-state index < -0.39 is 11.9 Å². The fraction of sp³-hybridized carbons (Fsp3) is 0.148. The van der Waals surface area contributed by atoms with Crippen molar-refractivity contribution in [3.8, 4) is 23.0 Å². The number of methoxy groups -OCH3 is 3. The number of Topliss-reactive ketones (excluding diaryl/α,β-unsaturated/α-hetero) is 1. The second-order valence-corrected chi connectivity index (χ2v) is 7.61. The molecule has 178 valence electrons. The van der Waals surface area contributed by atoms with Crippen LogP contribution >= 0.6 is 0 Å². The van der Waals surface area contributed by atoms with E-state index in [1.165, 1.54) is 21.3 Å². The summed E-state index contributed by atoms with van der Waals surface area (Å²) in [5.74, 6) is 0.236. The van der Waals surface area contributed by atoms with E-state index >= 15 is 0 Å². The molecule has 0 spiro atoms. The maximum absolute atomic E-state index is 12.9. The molecule has 35 heavy (non-hydrogen) atoms. The highest BCUT2D eigenvalue weighted by atomic mass is 16.5. The Morgan fingerprint density at radius 1 is 0.829 bits per heavy atom. The van der Waals surface area contributed by atoms with Gasteiger partial charge < -0.3 is 23.7 Å². The molecule has 0 N–H and O–H groups in total. The molecule has 1 heterocycles. The molecule has 0 saturated carbocycles. The summed E-state index contributed by atoms with van der Waals surface area (Å²) in [5.41, 5.74) is 2.18. The Labute approximate surface area is 201 Å². The zero-order chi connectivity index (χ0) is 25.1. The molecule has 8 heteroatoms. The number of carbonyl (C=O) groups excluding carboxylic acids is 3. The average Bonchev–Trinajstić information content (AvgIpc) is 3.20. The van der Waals surface area contributed by atoms with Crippen LogP contribution in [0.25, 0.3) is 6.08 Å². The van der Waals surface area contributed by atoms with Crippen LogP contribution in [0.1, 0.15) is 42.2 Å². The minimum Gasteiger partial charge on any atom is -0.497 e. The van der Waals surface area contributed by atoms with Crippen molar-refractivity contribution in [2.45, 2.75) is 6.92 Å². The Morgan fingerprint density at radius 3 is 2.09 bits per heavy atom. The monoisotopic (exact) mass is 474 g/mol. The molecule has 0 radical (unpaired) electrons. The van der Waals surface area contributed by atoms with Crippen molar-refractivity contribution < 1.29 is 38.1 Å². The molecule has 1 aliphatic rings. The summed E-state index contributed by atoms with van der Waals surface area (Å²) in [4.78, 5) is 37.3. The first-order valence-corrected chi connectivity index (χ1v) is 10.6. The zero-order valence-electron chi connectivity index (χ0n) is 19.5. The third kappa shape index (κ3) is 4.72. The van der Waals surface area contributed by atoms with Crippen molar-refractivity contribution in [2.75, 3.05) is 21.3 Å². The zero-order valence-corrected chi connectivity index (χ0v) is 19.5. The highest BCUT2D eigenvalue weighted by Crippen LogP contribution is 2.39. The number of rotatable bonds is 6. The molecule has 0 unspecified atom stereocenters. The van der Waals surface area contributed by atoms with Crippen LogP contribution in [-0.4, -0.2) is 39.1 Å². The molecule has 3 aromatic rings. The van der Waals surface area contributed by atoms with Gasteiger partial charge in [0.15, 0.2) is 5.76 Å². The van der Waals surface area contributed by atoms with Crippen molar-refractivity contribution >= 4 is 23.8 Å². The number of allylic oxidation sites excluding steroid dienone is 1. The maximum atomic E-state index is 12.9. The van der Waals surface area contributed by atoms with Crippen LogP contribution in [0.3, 0.4) is 0 Å². The number of benzene rings is 3. The van der Waals surface area contributed by atoms with Gasteiger partial charge in [0, 0.05) is 11.6 Å². The van der Waals surface area contributed by atoms with E-state index in [9.17, 15) is 14.4 Å². The van der Waals surface area contributed by atoms with Crippen molar-refractivity contribution in [1.29, 1.82) is 0 Å². The Hall–Kier alpha value is -4.59. The van der Waals surface area contributed by atoms with Crippen LogP contribution in [0.2, 0.25) is 0 Å². The molecule has 1 aliphatic heterocycles. The van der Waals surface area contributed by atoms with Gasteiger partial charge in [-0.05, 0) is 55.0 Å². The molecule has 0 atom stereocenters. The fourth-order valence-corrected chi connectivity index (χ4v) is 3.55. The van der Waals surface area contributed by atoms with Crippen LogP contribution in [-0.2, 0) is 4.74 Å². The van der Waals surface area contributed by atoms with E-state index in [-0.39, 0.29) is 22.9 Å². The first-order chi connectivity index (χ1) is 16.8. The number of hydrogen-bond donors (Lipinski definition) is 0. The van der Waals surface area contributed by atoms with E-state index in [2.05, 4.69) is 0 Å². The van der Waals surface area contributed by atoms with Gasteiger partial charge in [-0.1, -0.05) is 12.1 Å². The van der Waals surface area contributed by atoms with Gasteiger partial charge in [-0.25, -0.2) is 9.59 Å². The Bertz CT molecular complexity index is 1330. The molecule has 0 fully saturated rings. The highest BCUT2D eigenvalue weighted by Gasteiger charge is 2.30. The minimum absolute atomic E-state index is 0.120. The molecule has 3 aromatic carbocycles. The number of ketones is 1. The lowest BCUT2D eigenvalue weighted by atomic mass is 10.1. The minimum atomic E-state index is -0.615. The summed E-state index contributed by atoms with van der Waals surface area (Å²) in [7, 11) is 4.28. The summed E-state index contributed by atoms with van der Waals surface area (Å²) in [6.07, 6.45) is 1.58. The van der Waals surface area contributed by atoms with Crippen LogP contribution in [0.4, 0.5) is 0 Å². The van der Waals surface area contributed by atoms with Crippen LogP contribution in [0, 0.1) is 6.92 Å². The number of fused-ring (bicyclic) bond motifs is 1. The molecule has 0 aromatic heterocycles. The third-order valence-corrected chi connectivity index (χ3v) is 5.46. The Kier molecular flexibility index (Phi) is 6.55. The summed E-state index contributed by atoms with van der Waals surface area (Å²) in [6, 6.07) is 14.4. The smallest absolute Gasteiger partial charge is 0.343 e. The molecule has 0 amide bonds. The van der Waals surface area contributed by atoms with E-state index in [0.29, 0.717) is 39.5 Å². The van der Waals surface area contributed by atoms with Crippen molar-refractivity contribution in [3.05, 3.63) is 88.2 Å². The molecule has 0 bridgehead atoms. The van der Waals surface area contributed by atoms with Gasteiger partial charge in [-0.2, -0.15) is 0 Å². The van der Waals surface area contributed by atoms with Gasteiger partial charge in [-0.15, -0.1) is 0 Å². The van der Waals surface area contributed by atoms with Crippen LogP contribution in [0.5, 0.6) is 23.0 Å². The molecule has 0 aliphatic carbocycles. The topological polar surface area (TPSA) is 97.4 Å². The fourth-order valence-electron chi connectivity index (χ4n) is 3.55. The predicted molar refractivity (Wildman–Crippen MR) is 126 cm³/mol. The molecular weight excluding hydrogens is 452 g/mol. The first kappa shape index (κ1) is 23.6. The predicted octanol–water partition coefficient (Wildman–Crippen LogP) is 4.63. The summed E-state index contributed by atoms with van der Waals surface area (Å²) < 4.78 is 26.5. The number of carbonyl (C=O) groups is 3. The van der Waals surface area contributed by atoms with Gasteiger partial charge in [0.2, 0.25) is 5.78 Å². The number of ether oxygens (including phenoxy) is 5. The van der Waals surface area contributed by atoms with Crippen molar-refractivity contribution in [3.63, 3.8) is 0 Å². The first-order valence-electron chi connectivity index (χ1n) is 10.6. The molecule has 0 saturated heterocycles. The van der Waals surface area contributed by atoms with E-state index in [4.69, 9.17) is 23.7 Å². The molecule has 8 nitrogen and oxygen atoms in total. The van der Waals surface area contributed by atoms with Crippen LogP contribution < -0.4 is 18.9 Å². The number of hydrogen-bond acceptors (Lipinski definition) is 8. The van der Waals surface area contributed by atoms with Crippen LogP contribution in [0.15, 0.2) is 60.4 Å². The third-order valence-electron chi connectivity index (χ3n) is 5.46. The lowest BCUT2D eigenvalue weighted by Crippen LogP contribution is -2.10. The quantitative estimate of drug-likeness (QED) is 0.290. The lowest BCUT2D eigenvalue weighted by molar-refractivity contribution is 0.0600. The average molecular weight is 474 g/mol. The van der Waals surface area contributed by atoms with Gasteiger partial charge >= 0.3 is 11.9 Å². The summed E-state index contributed by atoms with van der Waals surface area (Å²) in [6.45, 7) is 1.70. The largest absolute Gasteiger partial charge is 0.497 e. The van der Waals surface area contributed by atoms with Gasteiger partial charge in [-0.3, -0.25) is 4.79 Å². The lowest BCUT2D eigenvalue weighted by Gasteiger charge is -2.11.